The highest BCUT2D eigenvalue weighted by Gasteiger charge is 2.38. The lowest BCUT2D eigenvalue weighted by atomic mass is 10.0. The van der Waals surface area contributed by atoms with Gasteiger partial charge in [-0.2, -0.15) is 4.72 Å². The molecule has 2 unspecified atom stereocenters. The monoisotopic (exact) mass is 478 g/mol. The molecule has 0 aromatic heterocycles. The predicted molar refractivity (Wildman–Crippen MR) is 123 cm³/mol. The highest BCUT2D eigenvalue weighted by molar-refractivity contribution is 7.91. The lowest BCUT2D eigenvalue weighted by Gasteiger charge is -2.31. The van der Waals surface area contributed by atoms with Crippen molar-refractivity contribution in [2.75, 3.05) is 12.3 Å². The Morgan fingerprint density at radius 3 is 2.31 bits per heavy atom. The fourth-order valence-electron chi connectivity index (χ4n) is 3.94. The molecule has 0 bridgehead atoms. The second-order valence-corrected chi connectivity index (χ2v) is 12.3. The van der Waals surface area contributed by atoms with Crippen LogP contribution in [0.5, 0.6) is 0 Å². The van der Waals surface area contributed by atoms with Gasteiger partial charge in [0.25, 0.3) is 0 Å². The minimum atomic E-state index is -3.91. The maximum absolute atomic E-state index is 13.4. The first-order valence-electron chi connectivity index (χ1n) is 10.7. The summed E-state index contributed by atoms with van der Waals surface area (Å²) in [5, 5.41) is 0. The summed E-state index contributed by atoms with van der Waals surface area (Å²) in [5.74, 6) is -0.880. The maximum Gasteiger partial charge on any atom is 0.241 e. The van der Waals surface area contributed by atoms with E-state index in [9.17, 15) is 21.6 Å². The molecule has 2 aromatic rings. The van der Waals surface area contributed by atoms with Crippen LogP contribution in [0.25, 0.3) is 0 Å². The van der Waals surface area contributed by atoms with Crippen LogP contribution in [-0.4, -0.2) is 52.0 Å². The molecule has 0 spiro atoms. The molecule has 1 N–H and O–H groups in total. The van der Waals surface area contributed by atoms with Crippen molar-refractivity contribution in [1.82, 2.24) is 9.62 Å². The second kappa shape index (κ2) is 9.72. The number of aryl methyl sites for hydroxylation is 1. The Labute approximate surface area is 190 Å². The molecule has 1 saturated heterocycles. The minimum absolute atomic E-state index is 0.0978. The van der Waals surface area contributed by atoms with Crippen LogP contribution in [0.4, 0.5) is 0 Å². The summed E-state index contributed by atoms with van der Waals surface area (Å²) < 4.78 is 54.1. The van der Waals surface area contributed by atoms with Gasteiger partial charge in [0, 0.05) is 12.6 Å². The van der Waals surface area contributed by atoms with Gasteiger partial charge in [-0.05, 0) is 55.5 Å². The van der Waals surface area contributed by atoms with Gasteiger partial charge in [0.1, 0.15) is 6.04 Å². The summed E-state index contributed by atoms with van der Waals surface area (Å²) in [6, 6.07) is 13.2. The molecule has 0 aliphatic carbocycles. The smallest absolute Gasteiger partial charge is 0.241 e. The Morgan fingerprint density at radius 2 is 1.69 bits per heavy atom. The number of hydrogen-bond donors (Lipinski definition) is 1. The van der Waals surface area contributed by atoms with Gasteiger partial charge in [-0.15, -0.1) is 0 Å². The maximum atomic E-state index is 13.4. The molecule has 1 fully saturated rings. The molecule has 1 aliphatic rings. The van der Waals surface area contributed by atoms with Crippen LogP contribution in [0.15, 0.2) is 64.4 Å². The summed E-state index contributed by atoms with van der Waals surface area (Å²) in [4.78, 5) is 15.3. The summed E-state index contributed by atoms with van der Waals surface area (Å²) in [6.45, 7) is 5.75. The van der Waals surface area contributed by atoms with Crippen molar-refractivity contribution >= 4 is 25.8 Å². The average Bonchev–Trinajstić information content (AvgIpc) is 3.19. The van der Waals surface area contributed by atoms with E-state index in [1.807, 2.05) is 0 Å². The number of nitrogens with zero attached hydrogens (tertiary/aromatic N) is 1. The number of hydrogen-bond acceptors (Lipinski definition) is 5. The summed E-state index contributed by atoms with van der Waals surface area (Å²) in [5.41, 5.74) is 0.797. The van der Waals surface area contributed by atoms with E-state index < -0.39 is 31.9 Å². The number of benzene rings is 2. The molecule has 174 valence electrons. The van der Waals surface area contributed by atoms with E-state index in [1.54, 1.807) is 69.3 Å². The lowest BCUT2D eigenvalue weighted by molar-refractivity contribution is -0.134. The van der Waals surface area contributed by atoms with Crippen LogP contribution < -0.4 is 4.72 Å². The normalized spacial score (nSPS) is 18.1. The molecular formula is C23H30N2O5S2. The third kappa shape index (κ3) is 5.57. The molecule has 1 amide bonds. The van der Waals surface area contributed by atoms with Gasteiger partial charge in [-0.1, -0.05) is 44.2 Å². The Kier molecular flexibility index (Phi) is 7.42. The molecule has 1 aliphatic heterocycles. The first-order valence-corrected chi connectivity index (χ1v) is 13.8. The zero-order valence-electron chi connectivity index (χ0n) is 18.6. The Hall–Kier alpha value is -2.23. The van der Waals surface area contributed by atoms with Gasteiger partial charge in [0.15, 0.2) is 9.84 Å². The topological polar surface area (TPSA) is 101 Å². The van der Waals surface area contributed by atoms with Crippen LogP contribution in [0.1, 0.15) is 32.3 Å². The molecule has 3 rings (SSSR count). The first kappa shape index (κ1) is 24.4. The third-order valence-corrected chi connectivity index (χ3v) is 8.94. The van der Waals surface area contributed by atoms with Gasteiger partial charge in [-0.25, -0.2) is 16.8 Å². The number of nitrogens with one attached hydrogen (secondary N) is 1. The van der Waals surface area contributed by atoms with Crippen molar-refractivity contribution < 1.29 is 21.6 Å². The van der Waals surface area contributed by atoms with Crippen LogP contribution in [0.2, 0.25) is 0 Å². The van der Waals surface area contributed by atoms with Gasteiger partial charge >= 0.3 is 0 Å². The molecule has 1 heterocycles. The molecule has 9 heteroatoms. The van der Waals surface area contributed by atoms with Crippen LogP contribution in [0, 0.1) is 12.8 Å². The quantitative estimate of drug-likeness (QED) is 0.629. The third-order valence-electron chi connectivity index (χ3n) is 5.69. The number of sulfonamides is 1. The Balaban J connectivity index is 1.81. The van der Waals surface area contributed by atoms with Gasteiger partial charge in [0.05, 0.1) is 15.5 Å². The van der Waals surface area contributed by atoms with Crippen molar-refractivity contribution in [2.45, 2.75) is 55.5 Å². The highest BCUT2D eigenvalue weighted by atomic mass is 32.2. The predicted octanol–water partition coefficient (Wildman–Crippen LogP) is 2.76. The van der Waals surface area contributed by atoms with E-state index >= 15 is 0 Å². The fourth-order valence-corrected chi connectivity index (χ4v) is 7.00. The number of carbonyl (C=O) groups excluding carboxylic acids is 1. The summed E-state index contributed by atoms with van der Waals surface area (Å²) in [6.07, 6.45) is 1.24. The van der Waals surface area contributed by atoms with Crippen molar-refractivity contribution in [3.8, 4) is 0 Å². The van der Waals surface area contributed by atoms with E-state index in [0.717, 1.165) is 5.56 Å². The molecule has 32 heavy (non-hydrogen) atoms. The molecule has 7 nitrogen and oxygen atoms in total. The summed E-state index contributed by atoms with van der Waals surface area (Å²) >= 11 is 0. The van der Waals surface area contributed by atoms with E-state index in [4.69, 9.17) is 0 Å². The SMILES string of the molecule is Cc1cccc(S(=O)(=O)NC(C(=O)N2CCCC2CS(=O)(=O)c2ccccc2)C(C)C)c1. The Morgan fingerprint density at radius 1 is 1.03 bits per heavy atom. The lowest BCUT2D eigenvalue weighted by Crippen LogP contribution is -2.53. The number of likely N-dealkylation sites (tertiary alicyclic amines) is 1. The molecule has 0 saturated carbocycles. The van der Waals surface area contributed by atoms with E-state index in [-0.39, 0.29) is 27.4 Å². The van der Waals surface area contributed by atoms with Crippen molar-refractivity contribution in [3.05, 3.63) is 60.2 Å². The van der Waals surface area contributed by atoms with Gasteiger partial charge < -0.3 is 4.90 Å². The van der Waals surface area contributed by atoms with Gasteiger partial charge in [0.2, 0.25) is 15.9 Å². The second-order valence-electron chi connectivity index (χ2n) is 8.58. The zero-order chi connectivity index (χ0) is 23.5. The molecule has 2 atom stereocenters. The largest absolute Gasteiger partial charge is 0.337 e. The number of carbonyl (C=O) groups is 1. The van der Waals surface area contributed by atoms with Crippen LogP contribution in [-0.2, 0) is 24.7 Å². The van der Waals surface area contributed by atoms with E-state index in [0.29, 0.717) is 19.4 Å². The van der Waals surface area contributed by atoms with Crippen molar-refractivity contribution in [3.63, 3.8) is 0 Å². The van der Waals surface area contributed by atoms with Gasteiger partial charge in [-0.3, -0.25) is 4.79 Å². The minimum Gasteiger partial charge on any atom is -0.337 e. The number of amides is 1. The van der Waals surface area contributed by atoms with Crippen LogP contribution >= 0.6 is 0 Å². The van der Waals surface area contributed by atoms with E-state index in [2.05, 4.69) is 4.72 Å². The fraction of sp³-hybridized carbons (Fsp3) is 0.435. The van der Waals surface area contributed by atoms with Crippen LogP contribution in [0.3, 0.4) is 0 Å². The van der Waals surface area contributed by atoms with Crippen molar-refractivity contribution in [1.29, 1.82) is 0 Å². The van der Waals surface area contributed by atoms with Crippen molar-refractivity contribution in [2.24, 2.45) is 5.92 Å². The molecule has 2 aromatic carbocycles. The zero-order valence-corrected chi connectivity index (χ0v) is 20.2. The van der Waals surface area contributed by atoms with E-state index in [1.165, 1.54) is 11.0 Å². The summed E-state index contributed by atoms with van der Waals surface area (Å²) in [7, 11) is -7.48. The molecular weight excluding hydrogens is 448 g/mol. The Bertz CT molecular complexity index is 1160. The highest BCUT2D eigenvalue weighted by Crippen LogP contribution is 2.24. The number of rotatable bonds is 8. The first-order chi connectivity index (χ1) is 15.0. The standard InChI is InChI=1S/C23H30N2O5S2/c1-17(2)22(24-32(29,30)21-13-7-9-18(3)15-21)23(26)25-14-8-10-19(25)16-31(27,28)20-11-5-4-6-12-20/h4-7,9,11-13,15,17,19,22,24H,8,10,14,16H2,1-3H3. The average molecular weight is 479 g/mol. The number of sulfone groups is 1. The molecule has 0 radical (unpaired) electrons.